The van der Waals surface area contributed by atoms with Crippen LogP contribution in [-0.2, 0) is 19.2 Å². The first-order chi connectivity index (χ1) is 25.6. The van der Waals surface area contributed by atoms with Crippen molar-refractivity contribution in [3.8, 4) is 11.5 Å². The van der Waals surface area contributed by atoms with Gasteiger partial charge in [-0.1, -0.05) is 25.7 Å². The molecule has 2 saturated carbocycles. The largest absolute Gasteiger partial charge is 0.457 e. The number of ether oxygens (including phenoxy) is 1. The van der Waals surface area contributed by atoms with E-state index in [1.807, 2.05) is 0 Å². The molecule has 2 aromatic rings. The predicted molar refractivity (Wildman–Crippen MR) is 186 cm³/mol. The number of carbonyl (C=O) groups is 8. The third kappa shape index (κ3) is 6.27. The van der Waals surface area contributed by atoms with Gasteiger partial charge in [0.2, 0.25) is 0 Å². The van der Waals surface area contributed by atoms with Crippen LogP contribution in [0.15, 0.2) is 60.7 Å². The Morgan fingerprint density at radius 3 is 1.06 bits per heavy atom. The summed E-state index contributed by atoms with van der Waals surface area (Å²) in [5.74, 6) is -2.72. The van der Waals surface area contributed by atoms with Gasteiger partial charge in [-0.15, -0.1) is 0 Å². The zero-order valence-corrected chi connectivity index (χ0v) is 29.0. The van der Waals surface area contributed by atoms with Crippen molar-refractivity contribution >= 4 is 47.3 Å². The predicted octanol–water partition coefficient (Wildman–Crippen LogP) is 4.13. The second-order valence-corrected chi connectivity index (χ2v) is 14.8. The maximum atomic E-state index is 13.6. The molecule has 8 amide bonds. The van der Waals surface area contributed by atoms with Crippen molar-refractivity contribution in [1.29, 1.82) is 0 Å². The van der Waals surface area contributed by atoms with Crippen LogP contribution in [0.2, 0.25) is 0 Å². The lowest BCUT2D eigenvalue weighted by molar-refractivity contribution is -0.139. The molecule has 0 bridgehead atoms. The second kappa shape index (κ2) is 13.7. The van der Waals surface area contributed by atoms with Gasteiger partial charge in [0.25, 0.3) is 47.3 Å². The first-order valence-electron chi connectivity index (χ1n) is 18.3. The third-order valence-electron chi connectivity index (χ3n) is 11.7. The molecule has 272 valence electrons. The molecule has 8 rings (SSSR count). The average molecular weight is 719 g/mol. The zero-order chi connectivity index (χ0) is 37.0. The van der Waals surface area contributed by atoms with Crippen LogP contribution >= 0.6 is 0 Å². The minimum Gasteiger partial charge on any atom is -0.457 e. The Morgan fingerprint density at radius 1 is 0.415 bits per heavy atom. The number of nitrogens with zero attached hydrogens (tertiary/aromatic N) is 4. The molecule has 0 N–H and O–H groups in total. The van der Waals surface area contributed by atoms with Gasteiger partial charge in [-0.25, -0.2) is 0 Å². The van der Waals surface area contributed by atoms with Gasteiger partial charge in [-0.3, -0.25) is 58.0 Å². The summed E-state index contributed by atoms with van der Waals surface area (Å²) in [5, 5.41) is 0. The van der Waals surface area contributed by atoms with E-state index in [-0.39, 0.29) is 107 Å². The first kappa shape index (κ1) is 34.4. The van der Waals surface area contributed by atoms with Crippen LogP contribution < -0.4 is 4.74 Å². The van der Waals surface area contributed by atoms with Gasteiger partial charge in [0, 0.05) is 50.5 Å². The maximum Gasteiger partial charge on any atom is 0.261 e. The minimum atomic E-state index is -0.448. The minimum absolute atomic E-state index is 0.0296. The van der Waals surface area contributed by atoms with E-state index in [1.165, 1.54) is 56.0 Å². The lowest BCUT2D eigenvalue weighted by atomic mass is 9.78. The Labute approximate surface area is 305 Å². The summed E-state index contributed by atoms with van der Waals surface area (Å²) in [7, 11) is 0. The quantitative estimate of drug-likeness (QED) is 0.329. The van der Waals surface area contributed by atoms with Crippen LogP contribution in [0.3, 0.4) is 0 Å². The fourth-order valence-electron chi connectivity index (χ4n) is 8.82. The zero-order valence-electron chi connectivity index (χ0n) is 29.0. The summed E-state index contributed by atoms with van der Waals surface area (Å²) in [6.45, 7) is 0.875. The van der Waals surface area contributed by atoms with E-state index in [9.17, 15) is 38.4 Å². The molecule has 2 fully saturated rings. The van der Waals surface area contributed by atoms with E-state index < -0.39 is 23.6 Å². The summed E-state index contributed by atoms with van der Waals surface area (Å²) in [5.41, 5.74) is 0.903. The van der Waals surface area contributed by atoms with Crippen molar-refractivity contribution in [3.05, 3.63) is 83.0 Å². The molecule has 2 aromatic carbocycles. The van der Waals surface area contributed by atoms with Gasteiger partial charge >= 0.3 is 0 Å². The number of hydrogen-bond acceptors (Lipinski definition) is 9. The van der Waals surface area contributed by atoms with Gasteiger partial charge < -0.3 is 4.74 Å². The Kier molecular flexibility index (Phi) is 8.87. The number of carbonyl (C=O) groups excluding carboxylic acids is 8. The fourth-order valence-corrected chi connectivity index (χ4v) is 8.82. The van der Waals surface area contributed by atoms with Gasteiger partial charge in [-0.05, 0) is 85.8 Å². The molecular weight excluding hydrogens is 680 g/mol. The monoisotopic (exact) mass is 718 g/mol. The summed E-state index contributed by atoms with van der Waals surface area (Å²) in [6.07, 6.45) is 11.9. The highest BCUT2D eigenvalue weighted by Crippen LogP contribution is 2.38. The average Bonchev–Trinajstić information content (AvgIpc) is 3.80. The summed E-state index contributed by atoms with van der Waals surface area (Å²) < 4.78 is 6.07. The molecular formula is C40H38N4O9. The Morgan fingerprint density at radius 2 is 0.717 bits per heavy atom. The van der Waals surface area contributed by atoms with Crippen LogP contribution in [-0.4, -0.2) is 93.0 Å². The van der Waals surface area contributed by atoms with Crippen LogP contribution in [0.4, 0.5) is 0 Å². The molecule has 4 heterocycles. The molecule has 0 aromatic heterocycles. The van der Waals surface area contributed by atoms with Crippen LogP contribution in [0.25, 0.3) is 0 Å². The van der Waals surface area contributed by atoms with Gasteiger partial charge in [-0.2, -0.15) is 0 Å². The van der Waals surface area contributed by atoms with E-state index >= 15 is 0 Å². The standard InChI is InChI=1S/C40H38N4O9/c45-33-13-14-34(46)41(33)19-23-5-1-3-7-25(23)21-43-37(49)29-11-9-27(17-31(29)39(43)51)53-28-10-12-30-32(18-28)40(52)44(38(30)50)22-26-8-4-2-6-24(26)20-42-35(47)15-16-36(42)48/h9-18,23-26H,1-8,19-22H2. The normalized spacial score (nSPS) is 25.4. The number of hydrogen-bond donors (Lipinski definition) is 0. The third-order valence-corrected chi connectivity index (χ3v) is 11.7. The Bertz CT molecular complexity index is 1870. The van der Waals surface area contributed by atoms with Crippen LogP contribution in [0, 0.1) is 23.7 Å². The smallest absolute Gasteiger partial charge is 0.261 e. The number of rotatable bonds is 10. The van der Waals surface area contributed by atoms with E-state index in [4.69, 9.17) is 4.74 Å². The fraction of sp³-hybridized carbons (Fsp3) is 0.400. The van der Waals surface area contributed by atoms with Crippen molar-refractivity contribution in [2.45, 2.75) is 51.4 Å². The summed E-state index contributed by atoms with van der Waals surface area (Å²) >= 11 is 0. The molecule has 13 nitrogen and oxygen atoms in total. The van der Waals surface area contributed by atoms with Crippen molar-refractivity contribution in [2.24, 2.45) is 23.7 Å². The molecule has 2 aliphatic carbocycles. The van der Waals surface area contributed by atoms with Crippen molar-refractivity contribution in [2.75, 3.05) is 26.2 Å². The molecule has 4 atom stereocenters. The molecule has 0 saturated heterocycles. The lowest BCUT2D eigenvalue weighted by Crippen LogP contribution is -2.43. The second-order valence-electron chi connectivity index (χ2n) is 14.8. The summed E-state index contributed by atoms with van der Waals surface area (Å²) in [6, 6.07) is 9.25. The maximum absolute atomic E-state index is 13.6. The molecule has 4 aliphatic heterocycles. The Balaban J connectivity index is 0.932. The van der Waals surface area contributed by atoms with Gasteiger partial charge in [0.1, 0.15) is 11.5 Å². The highest BCUT2D eigenvalue weighted by Gasteiger charge is 2.42. The summed E-state index contributed by atoms with van der Waals surface area (Å²) in [4.78, 5) is 108. The SMILES string of the molecule is O=C1C=CC(=O)N1CC1CCCCC1CN1C(=O)c2ccc(Oc3ccc4c(c3)C(=O)N(CC3CCCCC3CN3C(=O)C=CC3=O)C4=O)cc2C1=O. The van der Waals surface area contributed by atoms with Gasteiger partial charge in [0.15, 0.2) is 0 Å². The van der Waals surface area contributed by atoms with Gasteiger partial charge in [0.05, 0.1) is 22.3 Å². The molecule has 13 heteroatoms. The molecule has 0 radical (unpaired) electrons. The Hall–Kier alpha value is -5.72. The molecule has 0 spiro atoms. The number of fused-ring (bicyclic) bond motifs is 2. The van der Waals surface area contributed by atoms with E-state index in [0.29, 0.717) is 0 Å². The topological polar surface area (TPSA) is 159 Å². The number of amides is 8. The van der Waals surface area contributed by atoms with Crippen LogP contribution in [0.5, 0.6) is 11.5 Å². The van der Waals surface area contributed by atoms with E-state index in [0.717, 1.165) is 51.4 Å². The lowest BCUT2D eigenvalue weighted by Gasteiger charge is -2.35. The van der Waals surface area contributed by atoms with Crippen molar-refractivity contribution in [1.82, 2.24) is 19.6 Å². The first-order valence-corrected chi connectivity index (χ1v) is 18.3. The molecule has 6 aliphatic rings. The molecule has 53 heavy (non-hydrogen) atoms. The highest BCUT2D eigenvalue weighted by molar-refractivity contribution is 6.22. The number of imide groups is 4. The molecule has 4 unspecified atom stereocenters. The highest BCUT2D eigenvalue weighted by atomic mass is 16.5. The van der Waals surface area contributed by atoms with E-state index in [1.54, 1.807) is 24.3 Å². The number of benzene rings is 2. The van der Waals surface area contributed by atoms with Crippen molar-refractivity contribution < 1.29 is 43.1 Å². The van der Waals surface area contributed by atoms with Crippen LogP contribution in [0.1, 0.15) is 92.8 Å². The van der Waals surface area contributed by atoms with E-state index in [2.05, 4.69) is 0 Å². The van der Waals surface area contributed by atoms with Crippen molar-refractivity contribution in [3.63, 3.8) is 0 Å².